The SMILES string of the molecule is CCCS(=O)(=O)Nc1cccc(OCCN)c1. The molecule has 0 aliphatic heterocycles. The molecule has 1 rings (SSSR count). The van der Waals surface area contributed by atoms with Crippen molar-refractivity contribution in [3.05, 3.63) is 24.3 Å². The largest absolute Gasteiger partial charge is 0.492 e. The zero-order valence-electron chi connectivity index (χ0n) is 9.85. The summed E-state index contributed by atoms with van der Waals surface area (Å²) in [6.07, 6.45) is 0.582. The van der Waals surface area contributed by atoms with Crippen molar-refractivity contribution in [3.63, 3.8) is 0 Å². The molecule has 1 aromatic rings. The summed E-state index contributed by atoms with van der Waals surface area (Å²) in [5.74, 6) is 0.716. The van der Waals surface area contributed by atoms with Gasteiger partial charge in [0.1, 0.15) is 12.4 Å². The van der Waals surface area contributed by atoms with Crippen LogP contribution in [0.1, 0.15) is 13.3 Å². The number of nitrogens with two attached hydrogens (primary N) is 1. The highest BCUT2D eigenvalue weighted by Gasteiger charge is 2.08. The minimum Gasteiger partial charge on any atom is -0.492 e. The van der Waals surface area contributed by atoms with Crippen molar-refractivity contribution in [2.75, 3.05) is 23.6 Å². The predicted molar refractivity (Wildman–Crippen MR) is 68.7 cm³/mol. The van der Waals surface area contributed by atoms with Crippen molar-refractivity contribution in [1.82, 2.24) is 0 Å². The van der Waals surface area contributed by atoms with Gasteiger partial charge in [0, 0.05) is 12.6 Å². The Balaban J connectivity index is 2.71. The van der Waals surface area contributed by atoms with Crippen LogP contribution < -0.4 is 15.2 Å². The molecule has 0 aliphatic carbocycles. The van der Waals surface area contributed by atoms with E-state index in [1.165, 1.54) is 0 Å². The number of nitrogens with one attached hydrogen (secondary N) is 1. The van der Waals surface area contributed by atoms with E-state index in [1.54, 1.807) is 24.3 Å². The molecule has 17 heavy (non-hydrogen) atoms. The van der Waals surface area contributed by atoms with Crippen LogP contribution in [0, 0.1) is 0 Å². The van der Waals surface area contributed by atoms with E-state index in [1.807, 2.05) is 6.92 Å². The lowest BCUT2D eigenvalue weighted by Crippen LogP contribution is -2.16. The van der Waals surface area contributed by atoms with Crippen LogP contribution in [-0.4, -0.2) is 27.3 Å². The number of hydrogen-bond donors (Lipinski definition) is 2. The highest BCUT2D eigenvalue weighted by molar-refractivity contribution is 7.92. The molecule has 1 aromatic carbocycles. The summed E-state index contributed by atoms with van der Waals surface area (Å²) in [6.45, 7) is 2.65. The van der Waals surface area contributed by atoms with E-state index in [2.05, 4.69) is 4.72 Å². The van der Waals surface area contributed by atoms with E-state index >= 15 is 0 Å². The smallest absolute Gasteiger partial charge is 0.232 e. The number of anilines is 1. The maximum absolute atomic E-state index is 11.6. The molecule has 0 saturated carbocycles. The third kappa shape index (κ3) is 5.06. The molecule has 0 atom stereocenters. The van der Waals surface area contributed by atoms with Gasteiger partial charge < -0.3 is 10.5 Å². The number of ether oxygens (including phenoxy) is 1. The van der Waals surface area contributed by atoms with E-state index in [0.29, 0.717) is 31.0 Å². The van der Waals surface area contributed by atoms with Gasteiger partial charge >= 0.3 is 0 Å². The molecule has 0 radical (unpaired) electrons. The summed E-state index contributed by atoms with van der Waals surface area (Å²) in [6, 6.07) is 6.81. The van der Waals surface area contributed by atoms with Crippen LogP contribution in [0.5, 0.6) is 5.75 Å². The average molecular weight is 258 g/mol. The fourth-order valence-electron chi connectivity index (χ4n) is 1.33. The normalized spacial score (nSPS) is 11.2. The Morgan fingerprint density at radius 1 is 1.41 bits per heavy atom. The lowest BCUT2D eigenvalue weighted by Gasteiger charge is -2.09. The minimum atomic E-state index is -3.25. The molecule has 3 N–H and O–H groups in total. The molecule has 6 heteroatoms. The van der Waals surface area contributed by atoms with Gasteiger partial charge in [-0.05, 0) is 18.6 Å². The van der Waals surface area contributed by atoms with Gasteiger partial charge in [0.2, 0.25) is 10.0 Å². The predicted octanol–water partition coefficient (Wildman–Crippen LogP) is 1.18. The summed E-state index contributed by atoms with van der Waals surface area (Å²) in [5, 5.41) is 0. The fraction of sp³-hybridized carbons (Fsp3) is 0.455. The van der Waals surface area contributed by atoms with E-state index in [9.17, 15) is 8.42 Å². The van der Waals surface area contributed by atoms with Crippen molar-refractivity contribution in [3.8, 4) is 5.75 Å². The second-order valence-electron chi connectivity index (χ2n) is 3.59. The molecule has 0 fully saturated rings. The molecule has 0 spiro atoms. The lowest BCUT2D eigenvalue weighted by molar-refractivity contribution is 0.328. The topological polar surface area (TPSA) is 81.4 Å². The van der Waals surface area contributed by atoms with Gasteiger partial charge in [-0.2, -0.15) is 0 Å². The van der Waals surface area contributed by atoms with E-state index in [-0.39, 0.29) is 5.75 Å². The van der Waals surface area contributed by atoms with Crippen LogP contribution in [0.25, 0.3) is 0 Å². The van der Waals surface area contributed by atoms with Gasteiger partial charge in [0.15, 0.2) is 0 Å². The standard InChI is InChI=1S/C11H18N2O3S/c1-2-8-17(14,15)13-10-4-3-5-11(9-10)16-7-6-12/h3-5,9,13H,2,6-8,12H2,1H3. The van der Waals surface area contributed by atoms with E-state index in [4.69, 9.17) is 10.5 Å². The van der Waals surface area contributed by atoms with Gasteiger partial charge in [0.25, 0.3) is 0 Å². The summed E-state index contributed by atoms with van der Waals surface area (Å²) in [7, 11) is -3.25. The molecule has 0 heterocycles. The zero-order chi connectivity index (χ0) is 12.7. The summed E-state index contributed by atoms with van der Waals surface area (Å²) < 4.78 is 30.9. The summed E-state index contributed by atoms with van der Waals surface area (Å²) in [5.41, 5.74) is 5.83. The molecule has 0 saturated heterocycles. The highest BCUT2D eigenvalue weighted by atomic mass is 32.2. The van der Waals surface area contributed by atoms with Crippen LogP contribution in [0.2, 0.25) is 0 Å². The second kappa shape index (κ2) is 6.46. The molecule has 0 amide bonds. The van der Waals surface area contributed by atoms with E-state index < -0.39 is 10.0 Å². The number of sulfonamides is 1. The Hall–Kier alpha value is -1.27. The fourth-order valence-corrected chi connectivity index (χ4v) is 2.45. The Kier molecular flexibility index (Phi) is 5.24. The number of hydrogen-bond acceptors (Lipinski definition) is 4. The third-order valence-corrected chi connectivity index (χ3v) is 3.46. The summed E-state index contributed by atoms with van der Waals surface area (Å²) in [4.78, 5) is 0. The first-order valence-electron chi connectivity index (χ1n) is 5.51. The van der Waals surface area contributed by atoms with Crippen LogP contribution in [-0.2, 0) is 10.0 Å². The van der Waals surface area contributed by atoms with Crippen LogP contribution in [0.15, 0.2) is 24.3 Å². The van der Waals surface area contributed by atoms with Crippen LogP contribution >= 0.6 is 0 Å². The molecule has 5 nitrogen and oxygen atoms in total. The molecule has 0 bridgehead atoms. The number of rotatable bonds is 7. The average Bonchev–Trinajstić information content (AvgIpc) is 2.26. The van der Waals surface area contributed by atoms with Crippen LogP contribution in [0.3, 0.4) is 0 Å². The molecule has 96 valence electrons. The van der Waals surface area contributed by atoms with Crippen LogP contribution in [0.4, 0.5) is 5.69 Å². The van der Waals surface area contributed by atoms with Gasteiger partial charge in [-0.15, -0.1) is 0 Å². The molecule has 0 aliphatic rings. The first-order valence-corrected chi connectivity index (χ1v) is 7.16. The minimum absolute atomic E-state index is 0.112. The van der Waals surface area contributed by atoms with Gasteiger partial charge in [-0.3, -0.25) is 4.72 Å². The Bertz CT molecular complexity index is 446. The first-order chi connectivity index (χ1) is 8.07. The molecule has 0 unspecified atom stereocenters. The zero-order valence-corrected chi connectivity index (χ0v) is 10.7. The Morgan fingerprint density at radius 2 is 2.18 bits per heavy atom. The van der Waals surface area contributed by atoms with E-state index in [0.717, 1.165) is 0 Å². The second-order valence-corrected chi connectivity index (χ2v) is 5.43. The van der Waals surface area contributed by atoms with Crippen molar-refractivity contribution in [1.29, 1.82) is 0 Å². The van der Waals surface area contributed by atoms with Gasteiger partial charge in [0.05, 0.1) is 11.4 Å². The van der Waals surface area contributed by atoms with Gasteiger partial charge in [-0.1, -0.05) is 13.0 Å². The quantitative estimate of drug-likeness (QED) is 0.769. The maximum atomic E-state index is 11.6. The Morgan fingerprint density at radius 3 is 2.82 bits per heavy atom. The summed E-state index contributed by atoms with van der Waals surface area (Å²) >= 11 is 0. The van der Waals surface area contributed by atoms with Gasteiger partial charge in [-0.25, -0.2) is 8.42 Å². The molecular formula is C11H18N2O3S. The molecular weight excluding hydrogens is 240 g/mol. The van der Waals surface area contributed by atoms with Crippen molar-refractivity contribution in [2.45, 2.75) is 13.3 Å². The Labute approximate surface area is 102 Å². The lowest BCUT2D eigenvalue weighted by atomic mass is 10.3. The van der Waals surface area contributed by atoms with Crippen molar-refractivity contribution < 1.29 is 13.2 Å². The highest BCUT2D eigenvalue weighted by Crippen LogP contribution is 2.18. The number of benzene rings is 1. The monoisotopic (exact) mass is 258 g/mol. The van der Waals surface area contributed by atoms with Crippen molar-refractivity contribution >= 4 is 15.7 Å². The first kappa shape index (κ1) is 13.8. The van der Waals surface area contributed by atoms with Crippen molar-refractivity contribution in [2.24, 2.45) is 5.73 Å². The maximum Gasteiger partial charge on any atom is 0.232 e. The molecule has 0 aromatic heterocycles. The third-order valence-electron chi connectivity index (χ3n) is 1.97.